The van der Waals surface area contributed by atoms with Crippen molar-refractivity contribution in [2.24, 2.45) is 0 Å². The molecular formula is C62H42N2. The normalized spacial score (nSPS) is 11.4. The summed E-state index contributed by atoms with van der Waals surface area (Å²) >= 11 is 0. The number of nitrogens with zero attached hydrogens (tertiary/aromatic N) is 2. The zero-order valence-electron chi connectivity index (χ0n) is 35.1. The van der Waals surface area contributed by atoms with Crippen molar-refractivity contribution in [3.8, 4) is 50.2 Å². The Hall–Kier alpha value is -8.46. The van der Waals surface area contributed by atoms with E-state index in [1.807, 2.05) is 0 Å². The van der Waals surface area contributed by atoms with Gasteiger partial charge in [-0.3, -0.25) is 0 Å². The van der Waals surface area contributed by atoms with E-state index >= 15 is 0 Å². The molecule has 0 saturated carbocycles. The summed E-state index contributed by atoms with van der Waals surface area (Å²) in [5.41, 5.74) is 16.2. The van der Waals surface area contributed by atoms with Crippen molar-refractivity contribution in [3.63, 3.8) is 0 Å². The van der Waals surface area contributed by atoms with Crippen LogP contribution in [0.25, 0.3) is 93.5 Å². The summed E-state index contributed by atoms with van der Waals surface area (Å²) in [6.45, 7) is 0. The van der Waals surface area contributed by atoms with Crippen molar-refractivity contribution in [2.45, 2.75) is 0 Å². The average Bonchev–Trinajstić information content (AvgIpc) is 3.70. The lowest BCUT2D eigenvalue weighted by molar-refractivity contribution is 1.18. The van der Waals surface area contributed by atoms with Gasteiger partial charge in [-0.2, -0.15) is 0 Å². The summed E-state index contributed by atoms with van der Waals surface area (Å²) in [4.78, 5) is 2.44. The Bertz CT molecular complexity index is 3560. The molecule has 0 radical (unpaired) electrons. The molecule has 300 valence electrons. The van der Waals surface area contributed by atoms with Crippen LogP contribution in [0.4, 0.5) is 17.1 Å². The van der Waals surface area contributed by atoms with Crippen LogP contribution in [0.5, 0.6) is 0 Å². The second-order valence-electron chi connectivity index (χ2n) is 16.6. The predicted octanol–water partition coefficient (Wildman–Crippen LogP) is 17.2. The summed E-state index contributed by atoms with van der Waals surface area (Å²) in [5.74, 6) is 0. The Morgan fingerprint density at radius 1 is 0.250 bits per heavy atom. The van der Waals surface area contributed by atoms with Crippen LogP contribution in [-0.2, 0) is 0 Å². The van der Waals surface area contributed by atoms with Crippen LogP contribution in [0.2, 0.25) is 0 Å². The van der Waals surface area contributed by atoms with E-state index in [-0.39, 0.29) is 0 Å². The van der Waals surface area contributed by atoms with Gasteiger partial charge < -0.3 is 9.47 Å². The Labute approximate surface area is 373 Å². The maximum atomic E-state index is 2.44. The third-order valence-electron chi connectivity index (χ3n) is 12.7. The molecule has 1 aromatic heterocycles. The zero-order valence-corrected chi connectivity index (χ0v) is 35.1. The van der Waals surface area contributed by atoms with Crippen molar-refractivity contribution in [1.82, 2.24) is 4.57 Å². The summed E-state index contributed by atoms with van der Waals surface area (Å²) in [6, 6.07) is 93.0. The molecule has 0 aliphatic rings. The first-order valence-corrected chi connectivity index (χ1v) is 22.0. The highest BCUT2D eigenvalue weighted by Gasteiger charge is 2.20. The molecule has 0 saturated heterocycles. The van der Waals surface area contributed by atoms with Crippen LogP contribution in [0.1, 0.15) is 0 Å². The van der Waals surface area contributed by atoms with Crippen molar-refractivity contribution >= 4 is 60.4 Å². The smallest absolute Gasteiger partial charge is 0.0561 e. The number of rotatable bonds is 8. The minimum absolute atomic E-state index is 1.07. The van der Waals surface area contributed by atoms with Gasteiger partial charge in [0.05, 0.1) is 11.0 Å². The lowest BCUT2D eigenvalue weighted by atomic mass is 9.94. The summed E-state index contributed by atoms with van der Waals surface area (Å²) in [7, 11) is 0. The van der Waals surface area contributed by atoms with Crippen molar-refractivity contribution in [1.29, 1.82) is 0 Å². The Morgan fingerprint density at radius 2 is 0.734 bits per heavy atom. The zero-order chi connectivity index (χ0) is 42.4. The van der Waals surface area contributed by atoms with Gasteiger partial charge >= 0.3 is 0 Å². The number of para-hydroxylation sites is 2. The van der Waals surface area contributed by atoms with Crippen molar-refractivity contribution < 1.29 is 0 Å². The summed E-state index contributed by atoms with van der Waals surface area (Å²) in [5, 5.41) is 7.36. The lowest BCUT2D eigenvalue weighted by Crippen LogP contribution is -2.10. The van der Waals surface area contributed by atoms with E-state index in [0.717, 1.165) is 39.4 Å². The Morgan fingerprint density at radius 3 is 1.38 bits per heavy atom. The number of hydrogen-bond acceptors (Lipinski definition) is 1. The molecular weight excluding hydrogens is 773 g/mol. The second-order valence-corrected chi connectivity index (χ2v) is 16.6. The van der Waals surface area contributed by atoms with Crippen molar-refractivity contribution in [2.75, 3.05) is 4.90 Å². The number of anilines is 3. The van der Waals surface area contributed by atoms with Gasteiger partial charge in [0.2, 0.25) is 0 Å². The topological polar surface area (TPSA) is 8.17 Å². The molecule has 0 unspecified atom stereocenters. The van der Waals surface area contributed by atoms with Gasteiger partial charge in [-0.1, -0.05) is 182 Å². The first-order chi connectivity index (χ1) is 31.7. The molecule has 2 nitrogen and oxygen atoms in total. The number of hydrogen-bond donors (Lipinski definition) is 0. The van der Waals surface area contributed by atoms with Crippen LogP contribution >= 0.6 is 0 Å². The summed E-state index contributed by atoms with van der Waals surface area (Å²) in [6.07, 6.45) is 0. The molecule has 11 aromatic carbocycles. The molecule has 1 heterocycles. The SMILES string of the molecule is c1ccc(-c2ccccc2-c2ccc(N(c3cc(-c4ccc5ccccc5c4)cc(-c4ccc5ccccc5c4)c3)c3ccc4c5ccccc5n(-c5ccccc5)c4c3)cc2)cc1. The monoisotopic (exact) mass is 814 g/mol. The van der Waals surface area contributed by atoms with Gasteiger partial charge in [-0.05, 0) is 139 Å². The molecule has 0 atom stereocenters. The van der Waals surface area contributed by atoms with Gasteiger partial charge in [-0.15, -0.1) is 0 Å². The quantitative estimate of drug-likeness (QED) is 0.148. The van der Waals surface area contributed by atoms with Gasteiger partial charge in [0.1, 0.15) is 0 Å². The van der Waals surface area contributed by atoms with E-state index in [2.05, 4.69) is 264 Å². The standard InChI is InChI=1S/C62H42N2/c1-3-17-45(18-4-1)57-23-11-12-24-58(57)46-31-33-54(34-32-46)63(55-35-36-60-59-25-13-14-26-61(59)64(62(60)42-55)53-21-5-2-6-22-53)56-40-51(49-29-27-43-15-7-9-19-47(43)37-49)39-52(41-56)50-30-28-44-16-8-10-20-48(44)38-50/h1-42H. The molecule has 12 aromatic rings. The van der Waals surface area contributed by atoms with Gasteiger partial charge in [0.15, 0.2) is 0 Å². The third-order valence-corrected chi connectivity index (χ3v) is 12.7. The highest BCUT2D eigenvalue weighted by Crippen LogP contribution is 2.44. The first-order valence-electron chi connectivity index (χ1n) is 22.0. The molecule has 0 fully saturated rings. The Balaban J connectivity index is 1.09. The maximum Gasteiger partial charge on any atom is 0.0561 e. The van der Waals surface area contributed by atoms with Gasteiger partial charge in [0, 0.05) is 33.5 Å². The van der Waals surface area contributed by atoms with E-state index in [1.165, 1.54) is 71.2 Å². The highest BCUT2D eigenvalue weighted by atomic mass is 15.1. The van der Waals surface area contributed by atoms with Gasteiger partial charge in [0.25, 0.3) is 0 Å². The molecule has 64 heavy (non-hydrogen) atoms. The number of fused-ring (bicyclic) bond motifs is 5. The summed E-state index contributed by atoms with van der Waals surface area (Å²) < 4.78 is 2.40. The van der Waals surface area contributed by atoms with Crippen LogP contribution in [-0.4, -0.2) is 4.57 Å². The lowest BCUT2D eigenvalue weighted by Gasteiger charge is -2.27. The third kappa shape index (κ3) is 6.70. The molecule has 0 bridgehead atoms. The van der Waals surface area contributed by atoms with Crippen LogP contribution < -0.4 is 4.90 Å². The van der Waals surface area contributed by atoms with Crippen LogP contribution in [0.3, 0.4) is 0 Å². The van der Waals surface area contributed by atoms with Crippen molar-refractivity contribution in [3.05, 3.63) is 255 Å². The minimum Gasteiger partial charge on any atom is -0.310 e. The average molecular weight is 815 g/mol. The minimum atomic E-state index is 1.07. The Kier molecular flexibility index (Phi) is 9.20. The predicted molar refractivity (Wildman–Crippen MR) is 272 cm³/mol. The molecule has 2 heteroatoms. The largest absolute Gasteiger partial charge is 0.310 e. The molecule has 0 amide bonds. The second kappa shape index (κ2) is 15.8. The molecule has 12 rings (SSSR count). The molecule has 0 N–H and O–H groups in total. The molecule has 0 aliphatic heterocycles. The van der Waals surface area contributed by atoms with E-state index in [4.69, 9.17) is 0 Å². The first kappa shape index (κ1) is 37.3. The van der Waals surface area contributed by atoms with E-state index in [1.54, 1.807) is 0 Å². The van der Waals surface area contributed by atoms with E-state index in [9.17, 15) is 0 Å². The highest BCUT2D eigenvalue weighted by molar-refractivity contribution is 6.10. The van der Waals surface area contributed by atoms with Crippen LogP contribution in [0, 0.1) is 0 Å². The fourth-order valence-electron chi connectivity index (χ4n) is 9.61. The molecule has 0 aliphatic carbocycles. The van der Waals surface area contributed by atoms with Gasteiger partial charge in [-0.25, -0.2) is 0 Å². The number of benzene rings is 11. The van der Waals surface area contributed by atoms with E-state index < -0.39 is 0 Å². The maximum absolute atomic E-state index is 2.44. The van der Waals surface area contributed by atoms with Crippen LogP contribution in [0.15, 0.2) is 255 Å². The number of aromatic nitrogens is 1. The fourth-order valence-corrected chi connectivity index (χ4v) is 9.61. The van der Waals surface area contributed by atoms with E-state index in [0.29, 0.717) is 0 Å². The fraction of sp³-hybridized carbons (Fsp3) is 0. The molecule has 0 spiro atoms.